The summed E-state index contributed by atoms with van der Waals surface area (Å²) < 4.78 is 0. The Morgan fingerprint density at radius 2 is 1.67 bits per heavy atom. The lowest BCUT2D eigenvalue weighted by atomic mass is 10.2. The van der Waals surface area contributed by atoms with Gasteiger partial charge in [0.15, 0.2) is 11.0 Å². The fraction of sp³-hybridized carbons (Fsp3) is 0. The molecule has 0 aliphatic heterocycles. The number of nitro groups is 1. The second-order valence-electron chi connectivity index (χ2n) is 4.31. The van der Waals surface area contributed by atoms with Gasteiger partial charge in [-0.15, -0.1) is 10.2 Å². The Morgan fingerprint density at radius 3 is 2.33 bits per heavy atom. The normalized spacial score (nSPS) is 10.5. The average Bonchev–Trinajstić information content (AvgIpc) is 2.51. The van der Waals surface area contributed by atoms with Crippen LogP contribution in [0, 0.1) is 10.1 Å². The van der Waals surface area contributed by atoms with Gasteiger partial charge in [0.1, 0.15) is 0 Å². The fourth-order valence-electron chi connectivity index (χ4n) is 1.97. The Kier molecular flexibility index (Phi) is 3.37. The molecule has 0 saturated carbocycles. The number of rotatable bonds is 3. The topological polar surface area (TPSA) is 81.0 Å². The molecule has 0 saturated heterocycles. The van der Waals surface area contributed by atoms with E-state index in [4.69, 9.17) is 11.6 Å². The highest BCUT2D eigenvalue weighted by Gasteiger charge is 2.09. The predicted molar refractivity (Wildman–Crippen MR) is 80.9 cm³/mol. The molecule has 0 aliphatic rings. The summed E-state index contributed by atoms with van der Waals surface area (Å²) in [5.41, 5.74) is 0.718. The van der Waals surface area contributed by atoms with Crippen molar-refractivity contribution in [3.05, 3.63) is 63.8 Å². The van der Waals surface area contributed by atoms with E-state index in [0.717, 1.165) is 10.8 Å². The van der Waals surface area contributed by atoms with Crippen LogP contribution in [0.5, 0.6) is 0 Å². The van der Waals surface area contributed by atoms with Crippen LogP contribution in [0.25, 0.3) is 10.8 Å². The fourth-order valence-corrected chi connectivity index (χ4v) is 2.17. The van der Waals surface area contributed by atoms with Crippen LogP contribution in [0.2, 0.25) is 5.15 Å². The third kappa shape index (κ3) is 2.61. The van der Waals surface area contributed by atoms with Gasteiger partial charge in [-0.3, -0.25) is 10.1 Å². The van der Waals surface area contributed by atoms with Crippen LogP contribution in [0.3, 0.4) is 0 Å². The largest absolute Gasteiger partial charge is 0.338 e. The zero-order valence-corrected chi connectivity index (χ0v) is 11.4. The molecule has 0 radical (unpaired) electrons. The van der Waals surface area contributed by atoms with Crippen molar-refractivity contribution in [3.8, 4) is 0 Å². The third-order valence-corrected chi connectivity index (χ3v) is 3.26. The zero-order valence-electron chi connectivity index (χ0n) is 10.7. The highest BCUT2D eigenvalue weighted by atomic mass is 35.5. The van der Waals surface area contributed by atoms with Gasteiger partial charge >= 0.3 is 0 Å². The lowest BCUT2D eigenvalue weighted by Gasteiger charge is -2.08. The summed E-state index contributed by atoms with van der Waals surface area (Å²) in [6.07, 6.45) is 0. The molecule has 0 fully saturated rings. The van der Waals surface area contributed by atoms with E-state index in [2.05, 4.69) is 15.5 Å². The molecule has 0 atom stereocenters. The number of aromatic nitrogens is 2. The van der Waals surface area contributed by atoms with Crippen molar-refractivity contribution >= 4 is 39.6 Å². The maximum Gasteiger partial charge on any atom is 0.269 e. The van der Waals surface area contributed by atoms with E-state index < -0.39 is 4.92 Å². The number of anilines is 2. The van der Waals surface area contributed by atoms with E-state index in [0.29, 0.717) is 16.7 Å². The van der Waals surface area contributed by atoms with Gasteiger partial charge in [-0.25, -0.2) is 0 Å². The van der Waals surface area contributed by atoms with Crippen LogP contribution in [0.15, 0.2) is 48.5 Å². The molecule has 2 aromatic carbocycles. The van der Waals surface area contributed by atoms with Crippen molar-refractivity contribution in [2.45, 2.75) is 0 Å². The molecule has 0 unspecified atom stereocenters. The Balaban J connectivity index is 1.98. The number of halogens is 1. The molecule has 3 rings (SSSR count). The summed E-state index contributed by atoms with van der Waals surface area (Å²) in [6.45, 7) is 0. The number of fused-ring (bicyclic) bond motifs is 1. The Hall–Kier alpha value is -2.73. The minimum Gasteiger partial charge on any atom is -0.338 e. The Labute approximate surface area is 124 Å². The van der Waals surface area contributed by atoms with Crippen LogP contribution in [0.1, 0.15) is 0 Å². The van der Waals surface area contributed by atoms with Gasteiger partial charge in [0.2, 0.25) is 0 Å². The molecule has 1 N–H and O–H groups in total. The van der Waals surface area contributed by atoms with Crippen molar-refractivity contribution < 1.29 is 4.92 Å². The van der Waals surface area contributed by atoms with Crippen LogP contribution in [-0.4, -0.2) is 15.1 Å². The Bertz CT molecular complexity index is 821. The monoisotopic (exact) mass is 300 g/mol. The molecule has 1 heterocycles. The number of nitrogens with zero attached hydrogens (tertiary/aromatic N) is 3. The highest BCUT2D eigenvalue weighted by molar-refractivity contribution is 6.34. The summed E-state index contributed by atoms with van der Waals surface area (Å²) in [5, 5.41) is 23.6. The van der Waals surface area contributed by atoms with Gasteiger partial charge in [0.05, 0.1) is 4.92 Å². The van der Waals surface area contributed by atoms with Crippen LogP contribution < -0.4 is 5.32 Å². The molecule has 0 amide bonds. The van der Waals surface area contributed by atoms with E-state index in [1.165, 1.54) is 12.1 Å². The summed E-state index contributed by atoms with van der Waals surface area (Å²) in [7, 11) is 0. The first-order valence-corrected chi connectivity index (χ1v) is 6.45. The average molecular weight is 301 g/mol. The summed E-state index contributed by atoms with van der Waals surface area (Å²) >= 11 is 6.01. The molecule has 7 heteroatoms. The van der Waals surface area contributed by atoms with Gasteiger partial charge in [-0.05, 0) is 12.1 Å². The summed E-state index contributed by atoms with van der Waals surface area (Å²) in [6, 6.07) is 13.6. The van der Waals surface area contributed by atoms with Crippen LogP contribution in [-0.2, 0) is 0 Å². The second kappa shape index (κ2) is 5.34. The Morgan fingerprint density at radius 1 is 1.00 bits per heavy atom. The zero-order chi connectivity index (χ0) is 14.8. The molecule has 6 nitrogen and oxygen atoms in total. The number of hydrogen-bond donors (Lipinski definition) is 1. The van der Waals surface area contributed by atoms with E-state index in [1.807, 2.05) is 24.3 Å². The van der Waals surface area contributed by atoms with E-state index >= 15 is 0 Å². The van der Waals surface area contributed by atoms with E-state index in [9.17, 15) is 10.1 Å². The molecular formula is C14H9ClN4O2. The van der Waals surface area contributed by atoms with Crippen molar-refractivity contribution in [1.29, 1.82) is 0 Å². The van der Waals surface area contributed by atoms with Crippen molar-refractivity contribution in [1.82, 2.24) is 10.2 Å². The van der Waals surface area contributed by atoms with Gasteiger partial charge in [-0.2, -0.15) is 0 Å². The standard InChI is InChI=1S/C14H9ClN4O2/c15-13-11-3-1-2-4-12(11)14(18-17-13)16-9-5-7-10(8-6-9)19(20)21/h1-8H,(H,16,18). The molecule has 3 aromatic rings. The maximum absolute atomic E-state index is 10.6. The number of nitrogens with one attached hydrogen (secondary N) is 1. The molecule has 21 heavy (non-hydrogen) atoms. The lowest BCUT2D eigenvalue weighted by molar-refractivity contribution is -0.384. The van der Waals surface area contributed by atoms with E-state index in [1.54, 1.807) is 12.1 Å². The molecule has 0 bridgehead atoms. The quantitative estimate of drug-likeness (QED) is 0.585. The smallest absolute Gasteiger partial charge is 0.269 e. The van der Waals surface area contributed by atoms with Gasteiger partial charge in [0, 0.05) is 28.6 Å². The van der Waals surface area contributed by atoms with Crippen molar-refractivity contribution in [2.24, 2.45) is 0 Å². The first-order chi connectivity index (χ1) is 10.1. The summed E-state index contributed by atoms with van der Waals surface area (Å²) in [4.78, 5) is 10.2. The second-order valence-corrected chi connectivity index (χ2v) is 4.67. The lowest BCUT2D eigenvalue weighted by Crippen LogP contribution is -1.97. The number of nitro benzene ring substituents is 1. The highest BCUT2D eigenvalue weighted by Crippen LogP contribution is 2.28. The van der Waals surface area contributed by atoms with Gasteiger partial charge < -0.3 is 5.32 Å². The van der Waals surface area contributed by atoms with Crippen molar-refractivity contribution in [3.63, 3.8) is 0 Å². The molecule has 0 aliphatic carbocycles. The summed E-state index contributed by atoms with van der Waals surface area (Å²) in [5.74, 6) is 0.545. The van der Waals surface area contributed by atoms with E-state index in [-0.39, 0.29) is 5.69 Å². The predicted octanol–water partition coefficient (Wildman–Crippen LogP) is 3.94. The third-order valence-electron chi connectivity index (χ3n) is 2.98. The SMILES string of the molecule is O=[N+]([O-])c1ccc(Nc2nnc(Cl)c3ccccc23)cc1. The van der Waals surface area contributed by atoms with Crippen molar-refractivity contribution in [2.75, 3.05) is 5.32 Å². The minimum atomic E-state index is -0.443. The maximum atomic E-state index is 10.6. The first kappa shape index (κ1) is 13.3. The minimum absolute atomic E-state index is 0.0348. The number of benzene rings is 2. The number of hydrogen-bond acceptors (Lipinski definition) is 5. The molecular weight excluding hydrogens is 292 g/mol. The first-order valence-electron chi connectivity index (χ1n) is 6.07. The van der Waals surface area contributed by atoms with Crippen LogP contribution >= 0.6 is 11.6 Å². The molecule has 104 valence electrons. The van der Waals surface area contributed by atoms with Gasteiger partial charge in [-0.1, -0.05) is 35.9 Å². The molecule has 1 aromatic heterocycles. The van der Waals surface area contributed by atoms with Gasteiger partial charge in [0.25, 0.3) is 5.69 Å². The molecule has 0 spiro atoms. The number of non-ortho nitro benzene ring substituents is 1. The van der Waals surface area contributed by atoms with Crippen LogP contribution in [0.4, 0.5) is 17.2 Å².